The molecule has 0 aliphatic heterocycles. The highest BCUT2D eigenvalue weighted by Crippen LogP contribution is 2.42. The average molecular weight is 296 g/mol. The quantitative estimate of drug-likeness (QED) is 0.678. The maximum atomic E-state index is 12.1. The molecule has 0 heterocycles. The van der Waals surface area contributed by atoms with E-state index in [0.717, 1.165) is 19.4 Å². The van der Waals surface area contributed by atoms with Gasteiger partial charge in [-0.1, -0.05) is 40.5 Å². The van der Waals surface area contributed by atoms with Gasteiger partial charge < -0.3 is 11.1 Å². The molecule has 0 atom stereocenters. The van der Waals surface area contributed by atoms with Gasteiger partial charge in [0.2, 0.25) is 5.91 Å². The van der Waals surface area contributed by atoms with E-state index in [1.165, 1.54) is 32.1 Å². The van der Waals surface area contributed by atoms with Crippen LogP contribution < -0.4 is 11.1 Å². The standard InChI is InChI=1S/C18H36N2O/c1-15(2)13-18(8-5-6-9-18)14-20-16(21)7-10-17(3,4)11-12-19/h15H,5-14,19H2,1-4H3,(H,20,21). The fraction of sp³-hybridized carbons (Fsp3) is 0.944. The van der Waals surface area contributed by atoms with Gasteiger partial charge in [0, 0.05) is 13.0 Å². The number of hydrogen-bond donors (Lipinski definition) is 2. The summed E-state index contributed by atoms with van der Waals surface area (Å²) < 4.78 is 0. The van der Waals surface area contributed by atoms with E-state index in [2.05, 4.69) is 33.0 Å². The van der Waals surface area contributed by atoms with Crippen LogP contribution in [0.5, 0.6) is 0 Å². The van der Waals surface area contributed by atoms with E-state index in [1.807, 2.05) is 0 Å². The van der Waals surface area contributed by atoms with Gasteiger partial charge in [-0.3, -0.25) is 4.79 Å². The van der Waals surface area contributed by atoms with Crippen molar-refractivity contribution in [3.63, 3.8) is 0 Å². The Morgan fingerprint density at radius 3 is 2.38 bits per heavy atom. The Hall–Kier alpha value is -0.570. The lowest BCUT2D eigenvalue weighted by Gasteiger charge is -2.31. The summed E-state index contributed by atoms with van der Waals surface area (Å²) in [6, 6.07) is 0. The molecule has 0 radical (unpaired) electrons. The summed E-state index contributed by atoms with van der Waals surface area (Å²) >= 11 is 0. The summed E-state index contributed by atoms with van der Waals surface area (Å²) in [6.45, 7) is 10.6. The minimum Gasteiger partial charge on any atom is -0.356 e. The van der Waals surface area contributed by atoms with Crippen molar-refractivity contribution >= 4 is 5.91 Å². The lowest BCUT2D eigenvalue weighted by atomic mass is 9.78. The van der Waals surface area contributed by atoms with E-state index in [-0.39, 0.29) is 11.3 Å². The fourth-order valence-corrected chi connectivity index (χ4v) is 3.79. The van der Waals surface area contributed by atoms with Crippen LogP contribution in [-0.4, -0.2) is 19.0 Å². The Bertz CT molecular complexity index is 317. The molecular weight excluding hydrogens is 260 g/mol. The molecule has 0 aromatic rings. The number of hydrogen-bond acceptors (Lipinski definition) is 2. The van der Waals surface area contributed by atoms with Crippen LogP contribution in [0.2, 0.25) is 0 Å². The molecule has 0 aromatic heterocycles. The predicted octanol–water partition coefficient (Wildman–Crippen LogP) is 3.86. The van der Waals surface area contributed by atoms with E-state index >= 15 is 0 Å². The van der Waals surface area contributed by atoms with Crippen molar-refractivity contribution in [3.05, 3.63) is 0 Å². The molecule has 3 heteroatoms. The van der Waals surface area contributed by atoms with E-state index in [0.29, 0.717) is 24.3 Å². The van der Waals surface area contributed by atoms with Crippen LogP contribution in [0.4, 0.5) is 0 Å². The van der Waals surface area contributed by atoms with Crippen molar-refractivity contribution in [1.82, 2.24) is 5.32 Å². The maximum Gasteiger partial charge on any atom is 0.220 e. The van der Waals surface area contributed by atoms with E-state index in [9.17, 15) is 4.79 Å². The van der Waals surface area contributed by atoms with Crippen LogP contribution in [0.3, 0.4) is 0 Å². The third kappa shape index (κ3) is 6.82. The van der Waals surface area contributed by atoms with Gasteiger partial charge in [-0.2, -0.15) is 0 Å². The number of amides is 1. The van der Waals surface area contributed by atoms with Gasteiger partial charge in [-0.25, -0.2) is 0 Å². The van der Waals surface area contributed by atoms with E-state index in [1.54, 1.807) is 0 Å². The van der Waals surface area contributed by atoms with Crippen molar-refractivity contribution in [1.29, 1.82) is 0 Å². The van der Waals surface area contributed by atoms with Crippen LogP contribution in [0.1, 0.15) is 79.1 Å². The van der Waals surface area contributed by atoms with Crippen molar-refractivity contribution < 1.29 is 4.79 Å². The first-order chi connectivity index (χ1) is 9.79. The van der Waals surface area contributed by atoms with Gasteiger partial charge in [0.1, 0.15) is 0 Å². The lowest BCUT2D eigenvalue weighted by Crippen LogP contribution is -2.37. The topological polar surface area (TPSA) is 55.1 Å². The van der Waals surface area contributed by atoms with Crippen LogP contribution >= 0.6 is 0 Å². The first-order valence-electron chi connectivity index (χ1n) is 8.75. The Balaban J connectivity index is 2.37. The zero-order chi connectivity index (χ0) is 15.9. The summed E-state index contributed by atoms with van der Waals surface area (Å²) in [4.78, 5) is 12.1. The largest absolute Gasteiger partial charge is 0.356 e. The van der Waals surface area contributed by atoms with Crippen LogP contribution in [0.15, 0.2) is 0 Å². The summed E-state index contributed by atoms with van der Waals surface area (Å²) in [5.74, 6) is 0.929. The molecule has 21 heavy (non-hydrogen) atoms. The smallest absolute Gasteiger partial charge is 0.220 e. The van der Waals surface area contributed by atoms with Crippen molar-refractivity contribution in [3.8, 4) is 0 Å². The summed E-state index contributed by atoms with van der Waals surface area (Å²) in [6.07, 6.45) is 8.99. The number of rotatable bonds is 9. The molecule has 0 bridgehead atoms. The lowest BCUT2D eigenvalue weighted by molar-refractivity contribution is -0.122. The maximum absolute atomic E-state index is 12.1. The molecule has 1 amide bonds. The summed E-state index contributed by atoms with van der Waals surface area (Å²) in [5.41, 5.74) is 6.17. The predicted molar refractivity (Wildman–Crippen MR) is 90.1 cm³/mol. The fourth-order valence-electron chi connectivity index (χ4n) is 3.79. The Labute approximate surface area is 131 Å². The zero-order valence-electron chi connectivity index (χ0n) is 14.6. The van der Waals surface area contributed by atoms with E-state index in [4.69, 9.17) is 5.73 Å². The first kappa shape index (κ1) is 18.5. The highest BCUT2D eigenvalue weighted by molar-refractivity contribution is 5.75. The molecule has 3 nitrogen and oxygen atoms in total. The van der Waals surface area contributed by atoms with Gasteiger partial charge >= 0.3 is 0 Å². The molecule has 0 spiro atoms. The molecule has 1 aliphatic rings. The minimum atomic E-state index is 0.176. The molecule has 1 saturated carbocycles. The molecule has 1 fully saturated rings. The molecular formula is C18H36N2O. The molecule has 1 aliphatic carbocycles. The van der Waals surface area contributed by atoms with Crippen LogP contribution in [0.25, 0.3) is 0 Å². The number of carbonyl (C=O) groups is 1. The van der Waals surface area contributed by atoms with Crippen molar-refractivity contribution in [2.24, 2.45) is 22.5 Å². The minimum absolute atomic E-state index is 0.176. The highest BCUT2D eigenvalue weighted by Gasteiger charge is 2.34. The van der Waals surface area contributed by atoms with Crippen molar-refractivity contribution in [2.45, 2.75) is 79.1 Å². The molecule has 1 rings (SSSR count). The van der Waals surface area contributed by atoms with Gasteiger partial charge in [0.25, 0.3) is 0 Å². The molecule has 0 aromatic carbocycles. The van der Waals surface area contributed by atoms with Gasteiger partial charge in [-0.05, 0) is 55.4 Å². The SMILES string of the molecule is CC(C)CC1(CNC(=O)CCC(C)(C)CCN)CCCC1. The second-order valence-corrected chi connectivity index (χ2v) is 8.28. The Kier molecular flexibility index (Phi) is 7.19. The average Bonchev–Trinajstić information content (AvgIpc) is 2.82. The van der Waals surface area contributed by atoms with Gasteiger partial charge in [0.05, 0.1) is 0 Å². The third-order valence-corrected chi connectivity index (χ3v) is 5.02. The second-order valence-electron chi connectivity index (χ2n) is 8.28. The zero-order valence-corrected chi connectivity index (χ0v) is 14.6. The monoisotopic (exact) mass is 296 g/mol. The molecule has 124 valence electrons. The first-order valence-corrected chi connectivity index (χ1v) is 8.75. The molecule has 3 N–H and O–H groups in total. The number of nitrogens with one attached hydrogen (secondary N) is 1. The summed E-state index contributed by atoms with van der Waals surface area (Å²) in [7, 11) is 0. The van der Waals surface area contributed by atoms with E-state index < -0.39 is 0 Å². The number of nitrogens with two attached hydrogens (primary N) is 1. The van der Waals surface area contributed by atoms with Gasteiger partial charge in [-0.15, -0.1) is 0 Å². The Morgan fingerprint density at radius 1 is 1.24 bits per heavy atom. The van der Waals surface area contributed by atoms with Gasteiger partial charge in [0.15, 0.2) is 0 Å². The normalized spacial score (nSPS) is 18.2. The van der Waals surface area contributed by atoms with Crippen LogP contribution in [0, 0.1) is 16.7 Å². The van der Waals surface area contributed by atoms with Crippen LogP contribution in [-0.2, 0) is 4.79 Å². The molecule has 0 unspecified atom stereocenters. The number of carbonyl (C=O) groups excluding carboxylic acids is 1. The Morgan fingerprint density at radius 2 is 1.86 bits per heavy atom. The third-order valence-electron chi connectivity index (χ3n) is 5.02. The highest BCUT2D eigenvalue weighted by atomic mass is 16.1. The summed E-state index contributed by atoms with van der Waals surface area (Å²) in [5, 5.41) is 3.22. The molecule has 0 saturated heterocycles. The second kappa shape index (κ2) is 8.17. The van der Waals surface area contributed by atoms with Crippen molar-refractivity contribution in [2.75, 3.05) is 13.1 Å².